The van der Waals surface area contributed by atoms with Crippen molar-refractivity contribution in [2.24, 2.45) is 0 Å². The molecular formula is C4H8O3. The molecule has 0 aliphatic heterocycles. The van der Waals surface area contributed by atoms with E-state index in [9.17, 15) is 4.79 Å². The summed E-state index contributed by atoms with van der Waals surface area (Å²) in [4.78, 5) is 9.65. The van der Waals surface area contributed by atoms with Crippen LogP contribution in [0.3, 0.4) is 0 Å². The molecule has 1 unspecified atom stereocenters. The van der Waals surface area contributed by atoms with Gasteiger partial charge in [0, 0.05) is 0 Å². The lowest BCUT2D eigenvalue weighted by Gasteiger charge is -1.94. The van der Waals surface area contributed by atoms with Crippen LogP contribution in [0.4, 0.5) is 0 Å². The van der Waals surface area contributed by atoms with Gasteiger partial charge in [0.2, 0.25) is 0 Å². The maximum Gasteiger partial charge on any atom is 0.305 e. The van der Waals surface area contributed by atoms with E-state index in [1.54, 1.807) is 0 Å². The maximum atomic E-state index is 9.65. The average molecular weight is 105 g/mol. The second-order valence-electron chi connectivity index (χ2n) is 1.45. The van der Waals surface area contributed by atoms with Crippen LogP contribution < -0.4 is 0 Å². The van der Waals surface area contributed by atoms with E-state index in [1.807, 2.05) is 0 Å². The number of aliphatic hydroxyl groups excluding tert-OH is 1. The molecule has 2 N–H and O–H groups in total. The number of aliphatic carboxylic acids is 1. The molecule has 7 heavy (non-hydrogen) atoms. The third-order valence-corrected chi connectivity index (χ3v) is 0.470. The molecule has 0 heterocycles. The summed E-state index contributed by atoms with van der Waals surface area (Å²) in [6.45, 7) is 1.44. The first-order valence-corrected chi connectivity index (χ1v) is 2.03. The standard InChI is InChI=1S/C4H8O3/c1-3(5)2-4(6)7/h3,5H,2H2,1H3,(H,6,7)/i1+1. The van der Waals surface area contributed by atoms with Crippen molar-refractivity contribution in [3.8, 4) is 0 Å². The molecule has 3 nitrogen and oxygen atoms in total. The lowest BCUT2D eigenvalue weighted by molar-refractivity contribution is -0.138. The molecule has 42 valence electrons. The van der Waals surface area contributed by atoms with Crippen molar-refractivity contribution >= 4 is 5.97 Å². The van der Waals surface area contributed by atoms with Gasteiger partial charge >= 0.3 is 5.97 Å². The summed E-state index contributed by atoms with van der Waals surface area (Å²) in [5, 5.41) is 16.3. The fourth-order valence-electron chi connectivity index (χ4n) is 0.253. The van der Waals surface area contributed by atoms with Crippen molar-refractivity contribution in [2.45, 2.75) is 19.4 Å². The van der Waals surface area contributed by atoms with Gasteiger partial charge in [-0.3, -0.25) is 4.79 Å². The Morgan fingerprint density at radius 1 is 1.86 bits per heavy atom. The van der Waals surface area contributed by atoms with Crippen LogP contribution in [-0.4, -0.2) is 22.3 Å². The molecule has 0 aromatic carbocycles. The van der Waals surface area contributed by atoms with Gasteiger partial charge in [0.05, 0.1) is 12.5 Å². The SMILES string of the molecule is [13CH3]C(O)CC(=O)O. The molecular weight excluding hydrogens is 97.0 g/mol. The Kier molecular flexibility index (Phi) is 2.37. The van der Waals surface area contributed by atoms with Crippen LogP contribution in [-0.2, 0) is 4.79 Å². The minimum atomic E-state index is -0.963. The summed E-state index contributed by atoms with van der Waals surface area (Å²) in [6, 6.07) is 0. The van der Waals surface area contributed by atoms with Crippen molar-refractivity contribution in [3.63, 3.8) is 0 Å². The molecule has 0 spiro atoms. The van der Waals surface area contributed by atoms with Crippen LogP contribution in [0.25, 0.3) is 0 Å². The fourth-order valence-corrected chi connectivity index (χ4v) is 0.253. The summed E-state index contributed by atoms with van der Waals surface area (Å²) in [7, 11) is 0. The lowest BCUT2D eigenvalue weighted by Crippen LogP contribution is -2.07. The van der Waals surface area contributed by atoms with E-state index < -0.39 is 12.1 Å². The Morgan fingerprint density at radius 2 is 2.29 bits per heavy atom. The zero-order valence-corrected chi connectivity index (χ0v) is 4.09. The fraction of sp³-hybridized carbons (Fsp3) is 0.750. The van der Waals surface area contributed by atoms with Gasteiger partial charge in [-0.25, -0.2) is 0 Å². The van der Waals surface area contributed by atoms with Crippen LogP contribution in [0.2, 0.25) is 0 Å². The molecule has 0 saturated carbocycles. The van der Waals surface area contributed by atoms with E-state index in [-0.39, 0.29) is 6.42 Å². The maximum absolute atomic E-state index is 9.65. The summed E-state index contributed by atoms with van der Waals surface area (Å²) in [5.41, 5.74) is 0. The van der Waals surface area contributed by atoms with Crippen molar-refractivity contribution in [1.29, 1.82) is 0 Å². The van der Waals surface area contributed by atoms with Gasteiger partial charge in [-0.15, -0.1) is 0 Å². The highest BCUT2D eigenvalue weighted by atomic mass is 16.4. The highest BCUT2D eigenvalue weighted by Gasteiger charge is 2.00. The van der Waals surface area contributed by atoms with Gasteiger partial charge in [0.25, 0.3) is 0 Å². The predicted molar refractivity (Wildman–Crippen MR) is 23.9 cm³/mol. The molecule has 0 aliphatic carbocycles. The molecule has 0 aliphatic rings. The summed E-state index contributed by atoms with van der Waals surface area (Å²) >= 11 is 0. The van der Waals surface area contributed by atoms with Crippen LogP contribution in [0, 0.1) is 0 Å². The Hall–Kier alpha value is -0.570. The summed E-state index contributed by atoms with van der Waals surface area (Å²) < 4.78 is 0. The molecule has 0 saturated heterocycles. The van der Waals surface area contributed by atoms with E-state index in [2.05, 4.69) is 0 Å². The number of carboxylic acids is 1. The third-order valence-electron chi connectivity index (χ3n) is 0.470. The zero-order chi connectivity index (χ0) is 5.86. The number of aliphatic hydroxyl groups is 1. The number of rotatable bonds is 2. The molecule has 1 atom stereocenters. The largest absolute Gasteiger partial charge is 0.481 e. The van der Waals surface area contributed by atoms with E-state index in [0.29, 0.717) is 0 Å². The van der Waals surface area contributed by atoms with E-state index >= 15 is 0 Å². The Balaban J connectivity index is 3.13. The normalized spacial score (nSPS) is 13.4. The molecule has 0 rings (SSSR count). The molecule has 0 bridgehead atoms. The molecule has 0 radical (unpaired) electrons. The number of carboxylic acid groups (broad SMARTS) is 1. The van der Waals surface area contributed by atoms with Gasteiger partial charge in [0.1, 0.15) is 0 Å². The Labute approximate surface area is 41.6 Å². The van der Waals surface area contributed by atoms with Gasteiger partial charge in [0.15, 0.2) is 0 Å². The van der Waals surface area contributed by atoms with Gasteiger partial charge in [-0.05, 0) is 6.92 Å². The topological polar surface area (TPSA) is 57.5 Å². The first-order chi connectivity index (χ1) is 3.13. The molecule has 3 heteroatoms. The first-order valence-electron chi connectivity index (χ1n) is 2.03. The van der Waals surface area contributed by atoms with E-state index in [1.165, 1.54) is 6.92 Å². The van der Waals surface area contributed by atoms with Gasteiger partial charge in [-0.1, -0.05) is 0 Å². The minimum Gasteiger partial charge on any atom is -0.481 e. The van der Waals surface area contributed by atoms with Crippen LogP contribution in [0.15, 0.2) is 0 Å². The molecule has 0 fully saturated rings. The summed E-state index contributed by atoms with van der Waals surface area (Å²) in [5.74, 6) is -0.963. The van der Waals surface area contributed by atoms with Crippen molar-refractivity contribution in [1.82, 2.24) is 0 Å². The molecule has 0 aromatic heterocycles. The van der Waals surface area contributed by atoms with Crippen LogP contribution in [0.1, 0.15) is 13.3 Å². The molecule has 0 aromatic rings. The first kappa shape index (κ1) is 6.43. The zero-order valence-electron chi connectivity index (χ0n) is 4.09. The van der Waals surface area contributed by atoms with Gasteiger partial charge < -0.3 is 10.2 Å². The second-order valence-corrected chi connectivity index (χ2v) is 1.45. The number of hydrogen-bond donors (Lipinski definition) is 2. The van der Waals surface area contributed by atoms with Crippen LogP contribution >= 0.6 is 0 Å². The predicted octanol–water partition coefficient (Wildman–Crippen LogP) is -0.158. The van der Waals surface area contributed by atoms with Crippen LogP contribution in [0.5, 0.6) is 0 Å². The second kappa shape index (κ2) is 2.58. The average Bonchev–Trinajstić information content (AvgIpc) is 1.27. The monoisotopic (exact) mass is 105 g/mol. The highest BCUT2D eigenvalue weighted by molar-refractivity contribution is 5.67. The highest BCUT2D eigenvalue weighted by Crippen LogP contribution is 1.85. The smallest absolute Gasteiger partial charge is 0.305 e. The minimum absolute atomic E-state index is 0.167. The Bertz CT molecular complexity index is 67.3. The number of hydrogen-bond acceptors (Lipinski definition) is 2. The third kappa shape index (κ3) is 5.43. The summed E-state index contributed by atoms with van der Waals surface area (Å²) in [6.07, 6.45) is -0.891. The lowest BCUT2D eigenvalue weighted by atomic mass is 10.4. The molecule has 0 amide bonds. The van der Waals surface area contributed by atoms with Gasteiger partial charge in [-0.2, -0.15) is 0 Å². The van der Waals surface area contributed by atoms with E-state index in [0.717, 1.165) is 0 Å². The number of carbonyl (C=O) groups is 1. The quantitative estimate of drug-likeness (QED) is 0.480. The van der Waals surface area contributed by atoms with E-state index in [4.69, 9.17) is 10.2 Å². The Morgan fingerprint density at radius 3 is 2.29 bits per heavy atom. The van der Waals surface area contributed by atoms with Crippen molar-refractivity contribution in [2.75, 3.05) is 0 Å². The van der Waals surface area contributed by atoms with Crippen molar-refractivity contribution < 1.29 is 15.0 Å². The van der Waals surface area contributed by atoms with Crippen molar-refractivity contribution in [3.05, 3.63) is 0 Å².